The minimum absolute atomic E-state index is 0. The number of aromatic nitrogens is 1. The lowest BCUT2D eigenvalue weighted by atomic mass is 10.2. The zero-order valence-corrected chi connectivity index (χ0v) is 18.3. The van der Waals surface area contributed by atoms with Crippen molar-refractivity contribution < 1.29 is 17.9 Å². The van der Waals surface area contributed by atoms with Gasteiger partial charge in [0.15, 0.2) is 0 Å². The average molecular weight is 450 g/mol. The van der Waals surface area contributed by atoms with E-state index in [1.165, 1.54) is 0 Å². The molecule has 2 aromatic rings. The third-order valence-electron chi connectivity index (χ3n) is 3.70. The highest BCUT2D eigenvalue weighted by molar-refractivity contribution is 7.90. The van der Waals surface area contributed by atoms with Crippen LogP contribution in [0.5, 0.6) is 11.6 Å². The van der Waals surface area contributed by atoms with E-state index in [2.05, 4.69) is 10.3 Å². The second-order valence-corrected chi connectivity index (χ2v) is 8.53. The van der Waals surface area contributed by atoms with Crippen LogP contribution in [0.1, 0.15) is 17.5 Å². The number of hydrogen-bond donors (Lipinski definition) is 2. The minimum Gasteiger partial charge on any atom is -0.439 e. The molecule has 0 radical (unpaired) electrons. The summed E-state index contributed by atoms with van der Waals surface area (Å²) in [5.41, 5.74) is 8.18. The topological polar surface area (TPSA) is 111 Å². The number of benzene rings is 1. The van der Waals surface area contributed by atoms with E-state index < -0.39 is 21.8 Å². The first-order chi connectivity index (χ1) is 12.1. The predicted octanol–water partition coefficient (Wildman–Crippen LogP) is 3.03. The van der Waals surface area contributed by atoms with Crippen LogP contribution in [0.4, 0.5) is 5.69 Å². The Hall–Kier alpha value is -1.87. The highest BCUT2D eigenvalue weighted by atomic mass is 35.5. The lowest BCUT2D eigenvalue weighted by molar-refractivity contribution is -0.117. The van der Waals surface area contributed by atoms with Crippen molar-refractivity contribution >= 4 is 46.2 Å². The molecule has 0 saturated carbocycles. The number of ether oxygens (including phenoxy) is 1. The van der Waals surface area contributed by atoms with Crippen molar-refractivity contribution in [2.75, 3.05) is 17.3 Å². The number of carbonyl (C=O) groups is 1. The Morgan fingerprint density at radius 1 is 1.21 bits per heavy atom. The molecule has 0 aliphatic carbocycles. The van der Waals surface area contributed by atoms with Gasteiger partial charge < -0.3 is 15.8 Å². The van der Waals surface area contributed by atoms with Gasteiger partial charge in [-0.1, -0.05) is 6.07 Å². The highest BCUT2D eigenvalue weighted by Gasteiger charge is 2.16. The summed E-state index contributed by atoms with van der Waals surface area (Å²) in [7, 11) is -3.16. The second-order valence-electron chi connectivity index (χ2n) is 6.27. The van der Waals surface area contributed by atoms with Gasteiger partial charge in [0.2, 0.25) is 11.8 Å². The number of anilines is 1. The molecule has 7 nitrogen and oxygen atoms in total. The van der Waals surface area contributed by atoms with Crippen LogP contribution in [0.2, 0.25) is 0 Å². The van der Waals surface area contributed by atoms with Gasteiger partial charge in [-0.05, 0) is 43.5 Å². The van der Waals surface area contributed by atoms with Gasteiger partial charge in [-0.3, -0.25) is 4.79 Å². The fourth-order valence-electron chi connectivity index (χ4n) is 2.17. The molecule has 1 atom stereocenters. The van der Waals surface area contributed by atoms with Gasteiger partial charge >= 0.3 is 0 Å². The van der Waals surface area contributed by atoms with Crippen molar-refractivity contribution in [3.05, 3.63) is 47.7 Å². The van der Waals surface area contributed by atoms with Crippen molar-refractivity contribution in [3.63, 3.8) is 0 Å². The van der Waals surface area contributed by atoms with Crippen molar-refractivity contribution in [3.8, 4) is 11.6 Å². The maximum atomic E-state index is 12.1. The number of aryl methyl sites for hydroxylation is 2. The summed E-state index contributed by atoms with van der Waals surface area (Å²) in [5, 5.41) is 2.68. The van der Waals surface area contributed by atoms with Crippen molar-refractivity contribution in [2.24, 2.45) is 5.73 Å². The van der Waals surface area contributed by atoms with E-state index in [-0.39, 0.29) is 37.0 Å². The van der Waals surface area contributed by atoms with E-state index in [1.807, 2.05) is 32.0 Å². The molecule has 1 heterocycles. The van der Waals surface area contributed by atoms with Crippen LogP contribution in [0.3, 0.4) is 0 Å². The van der Waals surface area contributed by atoms with Crippen LogP contribution in [-0.4, -0.2) is 37.4 Å². The van der Waals surface area contributed by atoms with Crippen molar-refractivity contribution in [1.82, 2.24) is 4.98 Å². The Bertz CT molecular complexity index is 907. The van der Waals surface area contributed by atoms with E-state index in [0.29, 0.717) is 17.3 Å². The molecule has 1 amide bonds. The van der Waals surface area contributed by atoms with Gasteiger partial charge in [0, 0.05) is 30.3 Å². The molecule has 0 bridgehead atoms. The number of pyridine rings is 1. The number of halogens is 2. The quantitative estimate of drug-likeness (QED) is 0.671. The number of hydrogen-bond acceptors (Lipinski definition) is 6. The molecular weight excluding hydrogens is 425 g/mol. The molecule has 0 spiro atoms. The Morgan fingerprint density at radius 3 is 2.50 bits per heavy atom. The SMILES string of the molecule is Cc1ccnc(Oc2cc(NC(=O)C(N)CCS(C)(=O)=O)ccc2C)c1.Cl.Cl. The largest absolute Gasteiger partial charge is 0.439 e. The zero-order valence-electron chi connectivity index (χ0n) is 15.8. The predicted molar refractivity (Wildman–Crippen MR) is 116 cm³/mol. The number of nitrogens with one attached hydrogen (secondary N) is 1. The van der Waals surface area contributed by atoms with Crippen molar-refractivity contribution in [2.45, 2.75) is 26.3 Å². The van der Waals surface area contributed by atoms with Crippen LogP contribution in [0, 0.1) is 13.8 Å². The lowest BCUT2D eigenvalue weighted by Gasteiger charge is -2.14. The Labute approximate surface area is 177 Å². The molecule has 1 aromatic carbocycles. The molecule has 1 aromatic heterocycles. The van der Waals surface area contributed by atoms with E-state index in [1.54, 1.807) is 18.3 Å². The van der Waals surface area contributed by atoms with Gasteiger partial charge in [0.05, 0.1) is 11.8 Å². The number of carbonyl (C=O) groups excluding carboxylic acids is 1. The molecule has 0 saturated heterocycles. The summed E-state index contributed by atoms with van der Waals surface area (Å²) in [5.74, 6) is 0.437. The molecule has 2 rings (SSSR count). The number of rotatable bonds is 7. The molecule has 3 N–H and O–H groups in total. The van der Waals surface area contributed by atoms with Gasteiger partial charge in [0.1, 0.15) is 15.6 Å². The fraction of sp³-hybridized carbons (Fsp3) is 0.333. The van der Waals surface area contributed by atoms with Gasteiger partial charge in [0.25, 0.3) is 0 Å². The van der Waals surface area contributed by atoms with E-state index in [4.69, 9.17) is 10.5 Å². The molecular formula is C18H25Cl2N3O4S. The molecule has 0 fully saturated rings. The Balaban J connectivity index is 0.00000364. The molecule has 28 heavy (non-hydrogen) atoms. The van der Waals surface area contributed by atoms with E-state index in [0.717, 1.165) is 17.4 Å². The highest BCUT2D eigenvalue weighted by Crippen LogP contribution is 2.27. The molecule has 0 aliphatic heterocycles. The van der Waals surface area contributed by atoms with Gasteiger partial charge in [-0.25, -0.2) is 13.4 Å². The fourth-order valence-corrected chi connectivity index (χ4v) is 2.85. The normalized spacial score (nSPS) is 11.6. The summed E-state index contributed by atoms with van der Waals surface area (Å²) in [4.78, 5) is 16.3. The Kier molecular flexibility index (Phi) is 10.5. The lowest BCUT2D eigenvalue weighted by Crippen LogP contribution is -2.37. The first-order valence-corrected chi connectivity index (χ1v) is 10.2. The first-order valence-electron chi connectivity index (χ1n) is 8.09. The third kappa shape index (κ3) is 8.43. The summed E-state index contributed by atoms with van der Waals surface area (Å²) in [6.45, 7) is 3.82. The van der Waals surface area contributed by atoms with Gasteiger partial charge in [-0.2, -0.15) is 0 Å². The summed E-state index contributed by atoms with van der Waals surface area (Å²) in [6.07, 6.45) is 2.83. The molecule has 1 unspecified atom stereocenters. The van der Waals surface area contributed by atoms with Crippen LogP contribution in [0.15, 0.2) is 36.5 Å². The maximum Gasteiger partial charge on any atom is 0.241 e. The second kappa shape index (κ2) is 11.2. The first kappa shape index (κ1) is 26.1. The summed E-state index contributed by atoms with van der Waals surface area (Å²) < 4.78 is 28.2. The number of amides is 1. The number of nitrogens with zero attached hydrogens (tertiary/aromatic N) is 1. The molecule has 156 valence electrons. The zero-order chi connectivity index (χ0) is 19.3. The maximum absolute atomic E-state index is 12.1. The number of nitrogens with two attached hydrogens (primary N) is 1. The molecule has 10 heteroatoms. The molecule has 0 aliphatic rings. The minimum atomic E-state index is -3.16. The monoisotopic (exact) mass is 449 g/mol. The standard InChI is InChI=1S/C18H23N3O4S.2ClH/c1-12-6-8-20-17(10-12)25-16-11-14(5-4-13(16)2)21-18(22)15(19)7-9-26(3,23)24;;/h4-6,8,10-11,15H,7,9,19H2,1-3H3,(H,21,22);2*1H. The van der Waals surface area contributed by atoms with Crippen molar-refractivity contribution in [1.29, 1.82) is 0 Å². The van der Waals surface area contributed by atoms with Crippen LogP contribution >= 0.6 is 24.8 Å². The summed E-state index contributed by atoms with van der Waals surface area (Å²) >= 11 is 0. The van der Waals surface area contributed by atoms with Crippen LogP contribution in [0.25, 0.3) is 0 Å². The summed E-state index contributed by atoms with van der Waals surface area (Å²) in [6, 6.07) is 7.99. The number of sulfone groups is 1. The van der Waals surface area contributed by atoms with E-state index >= 15 is 0 Å². The third-order valence-corrected chi connectivity index (χ3v) is 4.67. The van der Waals surface area contributed by atoms with Gasteiger partial charge in [-0.15, -0.1) is 24.8 Å². The average Bonchev–Trinajstić information content (AvgIpc) is 2.55. The van der Waals surface area contributed by atoms with E-state index in [9.17, 15) is 13.2 Å². The Morgan fingerprint density at radius 2 is 1.89 bits per heavy atom. The van der Waals surface area contributed by atoms with Crippen LogP contribution < -0.4 is 15.8 Å². The van der Waals surface area contributed by atoms with Crippen LogP contribution in [-0.2, 0) is 14.6 Å². The smallest absolute Gasteiger partial charge is 0.241 e.